The normalized spacial score (nSPS) is 22.2. The fraction of sp³-hybridized carbons (Fsp3) is 0.688. The quantitative estimate of drug-likeness (QED) is 0.924. The molecule has 0 unspecified atom stereocenters. The fourth-order valence-electron chi connectivity index (χ4n) is 2.54. The summed E-state index contributed by atoms with van der Waals surface area (Å²) < 4.78 is 10.7. The maximum Gasteiger partial charge on any atom is 0.411 e. The lowest BCUT2D eigenvalue weighted by molar-refractivity contribution is -0.131. The highest BCUT2D eigenvalue weighted by molar-refractivity contribution is 5.87. The van der Waals surface area contributed by atoms with Crippen molar-refractivity contribution in [2.45, 2.75) is 58.7 Å². The maximum absolute atomic E-state index is 12.5. The lowest BCUT2D eigenvalue weighted by atomic mass is 9.98. The molecule has 1 saturated heterocycles. The zero-order valence-corrected chi connectivity index (χ0v) is 14.3. The molecular weight excluding hydrogens is 298 g/mol. The molecule has 0 aromatic carbocycles. The zero-order chi connectivity index (χ0) is 17.2. The SMILES string of the molecule is CC(C)C[C@H]1C(=O)N[C@@H](c2cnco2)CN1C(=O)OC(C)(C)C. The van der Waals surface area contributed by atoms with Crippen LogP contribution in [0.1, 0.15) is 52.8 Å². The average molecular weight is 323 g/mol. The molecule has 128 valence electrons. The van der Waals surface area contributed by atoms with Gasteiger partial charge in [0.25, 0.3) is 0 Å². The van der Waals surface area contributed by atoms with E-state index in [0.29, 0.717) is 18.7 Å². The third-order valence-electron chi connectivity index (χ3n) is 3.49. The number of aromatic nitrogens is 1. The Morgan fingerprint density at radius 2 is 2.22 bits per heavy atom. The number of oxazole rings is 1. The molecule has 7 nitrogen and oxygen atoms in total. The molecule has 7 heteroatoms. The summed E-state index contributed by atoms with van der Waals surface area (Å²) >= 11 is 0. The summed E-state index contributed by atoms with van der Waals surface area (Å²) in [4.78, 5) is 30.4. The Bertz CT molecular complexity index is 548. The van der Waals surface area contributed by atoms with E-state index in [1.165, 1.54) is 11.3 Å². The molecule has 1 aliphatic heterocycles. The van der Waals surface area contributed by atoms with Crippen molar-refractivity contribution in [3.63, 3.8) is 0 Å². The van der Waals surface area contributed by atoms with Crippen LogP contribution in [-0.4, -0.2) is 40.1 Å². The minimum Gasteiger partial charge on any atom is -0.446 e. The van der Waals surface area contributed by atoms with Gasteiger partial charge in [-0.15, -0.1) is 0 Å². The van der Waals surface area contributed by atoms with Crippen molar-refractivity contribution >= 4 is 12.0 Å². The molecule has 1 fully saturated rings. The smallest absolute Gasteiger partial charge is 0.411 e. The monoisotopic (exact) mass is 323 g/mol. The van der Waals surface area contributed by atoms with E-state index < -0.39 is 23.8 Å². The van der Waals surface area contributed by atoms with Crippen LogP contribution in [0.25, 0.3) is 0 Å². The first-order chi connectivity index (χ1) is 10.7. The topological polar surface area (TPSA) is 84.7 Å². The zero-order valence-electron chi connectivity index (χ0n) is 14.3. The summed E-state index contributed by atoms with van der Waals surface area (Å²) in [5.41, 5.74) is -0.616. The van der Waals surface area contributed by atoms with Crippen LogP contribution in [-0.2, 0) is 9.53 Å². The number of hydrogen-bond acceptors (Lipinski definition) is 5. The molecule has 1 aromatic heterocycles. The van der Waals surface area contributed by atoms with Gasteiger partial charge in [-0.3, -0.25) is 9.69 Å². The summed E-state index contributed by atoms with van der Waals surface area (Å²) in [5.74, 6) is 0.602. The van der Waals surface area contributed by atoms with Gasteiger partial charge in [0.05, 0.1) is 12.7 Å². The van der Waals surface area contributed by atoms with Crippen molar-refractivity contribution in [2.75, 3.05) is 6.54 Å². The lowest BCUT2D eigenvalue weighted by Crippen LogP contribution is -2.59. The van der Waals surface area contributed by atoms with Crippen molar-refractivity contribution in [1.29, 1.82) is 0 Å². The average Bonchev–Trinajstić information content (AvgIpc) is 2.92. The van der Waals surface area contributed by atoms with Crippen molar-refractivity contribution in [1.82, 2.24) is 15.2 Å². The highest BCUT2D eigenvalue weighted by Crippen LogP contribution is 2.25. The lowest BCUT2D eigenvalue weighted by Gasteiger charge is -2.39. The molecular formula is C16H25N3O4. The Kier molecular flexibility index (Phi) is 4.97. The Morgan fingerprint density at radius 1 is 1.52 bits per heavy atom. The molecule has 0 saturated carbocycles. The standard InChI is InChI=1S/C16H25N3O4/c1-10(2)6-12-14(20)18-11(13-7-17-9-22-13)8-19(12)15(21)23-16(3,4)5/h7,9-12H,6,8H2,1-5H3,(H,18,20)/t11-,12+/m1/s1. The van der Waals surface area contributed by atoms with Gasteiger partial charge in [0.1, 0.15) is 23.4 Å². The third kappa shape index (κ3) is 4.46. The number of rotatable bonds is 3. The van der Waals surface area contributed by atoms with Crippen molar-refractivity contribution < 1.29 is 18.7 Å². The summed E-state index contributed by atoms with van der Waals surface area (Å²) in [6.45, 7) is 9.75. The number of hydrogen-bond donors (Lipinski definition) is 1. The van der Waals surface area contributed by atoms with Gasteiger partial charge in [0.2, 0.25) is 5.91 Å². The second-order valence-corrected chi connectivity index (χ2v) is 7.24. The molecule has 2 amide bonds. The highest BCUT2D eigenvalue weighted by Gasteiger charge is 2.40. The molecule has 1 N–H and O–H groups in total. The van der Waals surface area contributed by atoms with Crippen LogP contribution >= 0.6 is 0 Å². The molecule has 0 bridgehead atoms. The van der Waals surface area contributed by atoms with E-state index in [1.807, 2.05) is 13.8 Å². The number of carbonyl (C=O) groups excluding carboxylic acids is 2. The molecule has 2 rings (SSSR count). The molecule has 1 aromatic rings. The largest absolute Gasteiger partial charge is 0.446 e. The van der Waals surface area contributed by atoms with E-state index in [0.717, 1.165) is 0 Å². The number of piperazine rings is 1. The minimum atomic E-state index is -0.616. The summed E-state index contributed by atoms with van der Waals surface area (Å²) in [5, 5.41) is 2.90. The molecule has 2 atom stereocenters. The Labute approximate surface area is 136 Å². The van der Waals surface area contributed by atoms with Crippen LogP contribution < -0.4 is 5.32 Å². The van der Waals surface area contributed by atoms with E-state index in [1.54, 1.807) is 27.0 Å². The number of carbonyl (C=O) groups is 2. The molecule has 0 aliphatic carbocycles. The van der Waals surface area contributed by atoms with Crippen LogP contribution in [0.15, 0.2) is 17.0 Å². The van der Waals surface area contributed by atoms with Gasteiger partial charge >= 0.3 is 6.09 Å². The second-order valence-electron chi connectivity index (χ2n) is 7.24. The molecule has 0 spiro atoms. The van der Waals surface area contributed by atoms with Crippen molar-refractivity contribution in [2.24, 2.45) is 5.92 Å². The number of nitrogens with zero attached hydrogens (tertiary/aromatic N) is 2. The molecule has 0 radical (unpaired) electrons. The number of amides is 2. The predicted molar refractivity (Wildman–Crippen MR) is 83.6 cm³/mol. The summed E-state index contributed by atoms with van der Waals surface area (Å²) in [6.07, 6.45) is 2.94. The van der Waals surface area contributed by atoms with E-state index >= 15 is 0 Å². The van der Waals surface area contributed by atoms with Crippen LogP contribution in [0.5, 0.6) is 0 Å². The first-order valence-corrected chi connectivity index (χ1v) is 7.85. The summed E-state index contributed by atoms with van der Waals surface area (Å²) in [7, 11) is 0. The summed E-state index contributed by atoms with van der Waals surface area (Å²) in [6, 6.07) is -0.954. The number of nitrogens with one attached hydrogen (secondary N) is 1. The fourth-order valence-corrected chi connectivity index (χ4v) is 2.54. The molecule has 23 heavy (non-hydrogen) atoms. The Morgan fingerprint density at radius 3 is 2.74 bits per heavy atom. The third-order valence-corrected chi connectivity index (χ3v) is 3.49. The van der Waals surface area contributed by atoms with Gasteiger partial charge in [-0.05, 0) is 33.1 Å². The first kappa shape index (κ1) is 17.3. The van der Waals surface area contributed by atoms with Gasteiger partial charge in [-0.2, -0.15) is 0 Å². The predicted octanol–water partition coefficient (Wildman–Crippen LogP) is 2.50. The van der Waals surface area contributed by atoms with Gasteiger partial charge in [0.15, 0.2) is 6.39 Å². The number of ether oxygens (including phenoxy) is 1. The molecule has 2 heterocycles. The van der Waals surface area contributed by atoms with E-state index in [2.05, 4.69) is 10.3 Å². The Hall–Kier alpha value is -2.05. The van der Waals surface area contributed by atoms with Crippen LogP contribution in [0.2, 0.25) is 0 Å². The van der Waals surface area contributed by atoms with Crippen LogP contribution in [0.3, 0.4) is 0 Å². The van der Waals surface area contributed by atoms with Crippen LogP contribution in [0.4, 0.5) is 4.79 Å². The van der Waals surface area contributed by atoms with Gasteiger partial charge in [-0.1, -0.05) is 13.8 Å². The maximum atomic E-state index is 12.5. The second kappa shape index (κ2) is 6.60. The first-order valence-electron chi connectivity index (χ1n) is 7.85. The van der Waals surface area contributed by atoms with Gasteiger partial charge in [-0.25, -0.2) is 9.78 Å². The van der Waals surface area contributed by atoms with Gasteiger partial charge < -0.3 is 14.5 Å². The van der Waals surface area contributed by atoms with Crippen molar-refractivity contribution in [3.8, 4) is 0 Å². The van der Waals surface area contributed by atoms with E-state index in [9.17, 15) is 9.59 Å². The van der Waals surface area contributed by atoms with Crippen molar-refractivity contribution in [3.05, 3.63) is 18.4 Å². The van der Waals surface area contributed by atoms with Crippen LogP contribution in [0, 0.1) is 5.92 Å². The molecule has 1 aliphatic rings. The Balaban J connectivity index is 2.22. The van der Waals surface area contributed by atoms with E-state index in [-0.39, 0.29) is 11.8 Å². The van der Waals surface area contributed by atoms with E-state index in [4.69, 9.17) is 9.15 Å². The minimum absolute atomic E-state index is 0.197. The van der Waals surface area contributed by atoms with Gasteiger partial charge in [0, 0.05) is 0 Å². The highest BCUT2D eigenvalue weighted by atomic mass is 16.6.